The Balaban J connectivity index is 2.31. The van der Waals surface area contributed by atoms with E-state index in [0.29, 0.717) is 0 Å². The van der Waals surface area contributed by atoms with Crippen LogP contribution >= 0.6 is 0 Å². The Morgan fingerprint density at radius 3 is 2.38 bits per heavy atom. The van der Waals surface area contributed by atoms with Crippen LogP contribution in [0.4, 0.5) is 0 Å². The fraction of sp³-hybridized carbons (Fsp3) is 0.200. The summed E-state index contributed by atoms with van der Waals surface area (Å²) in [7, 11) is 1.73. The first-order chi connectivity index (χ1) is 7.81. The van der Waals surface area contributed by atoms with E-state index in [1.54, 1.807) is 7.11 Å². The number of aryl methyl sites for hydroxylation is 1. The van der Waals surface area contributed by atoms with Gasteiger partial charge in [0.15, 0.2) is 0 Å². The van der Waals surface area contributed by atoms with Crippen LogP contribution in [-0.4, -0.2) is 7.11 Å². The van der Waals surface area contributed by atoms with E-state index in [1.807, 2.05) is 6.07 Å². The van der Waals surface area contributed by atoms with Gasteiger partial charge in [0.1, 0.15) is 5.75 Å². The van der Waals surface area contributed by atoms with Crippen molar-refractivity contribution in [2.75, 3.05) is 7.11 Å². The molecule has 0 fully saturated rings. The van der Waals surface area contributed by atoms with E-state index in [1.165, 1.54) is 16.7 Å². The average Bonchev–Trinajstić information content (AvgIpc) is 2.31. The predicted octanol–water partition coefficient (Wildman–Crippen LogP) is 3.59. The molecule has 0 N–H and O–H groups in total. The van der Waals surface area contributed by atoms with Crippen LogP contribution in [0.3, 0.4) is 0 Å². The second-order valence-corrected chi connectivity index (χ2v) is 3.93. The molecule has 0 saturated heterocycles. The monoisotopic (exact) mass is 212 g/mol. The van der Waals surface area contributed by atoms with Crippen molar-refractivity contribution < 1.29 is 4.74 Å². The molecule has 0 aromatic heterocycles. The zero-order valence-corrected chi connectivity index (χ0v) is 9.73. The van der Waals surface area contributed by atoms with E-state index in [-0.39, 0.29) is 0 Å². The van der Waals surface area contributed by atoms with E-state index in [0.717, 1.165) is 12.2 Å². The molecular formula is C15H16O. The minimum Gasteiger partial charge on any atom is -0.496 e. The second-order valence-electron chi connectivity index (χ2n) is 3.93. The lowest BCUT2D eigenvalue weighted by molar-refractivity contribution is 0.407. The van der Waals surface area contributed by atoms with Crippen LogP contribution in [0, 0.1) is 6.92 Å². The molecule has 0 amide bonds. The van der Waals surface area contributed by atoms with Gasteiger partial charge in [-0.2, -0.15) is 0 Å². The fourth-order valence-electron chi connectivity index (χ4n) is 1.96. The quantitative estimate of drug-likeness (QED) is 0.755. The van der Waals surface area contributed by atoms with E-state index in [2.05, 4.69) is 49.4 Å². The predicted molar refractivity (Wildman–Crippen MR) is 67.0 cm³/mol. The third-order valence-electron chi connectivity index (χ3n) is 2.73. The van der Waals surface area contributed by atoms with Gasteiger partial charge < -0.3 is 4.74 Å². The maximum Gasteiger partial charge on any atom is 0.125 e. The molecule has 16 heavy (non-hydrogen) atoms. The lowest BCUT2D eigenvalue weighted by Gasteiger charge is -2.11. The van der Waals surface area contributed by atoms with Gasteiger partial charge in [-0.15, -0.1) is 0 Å². The molecule has 0 unspecified atom stereocenters. The minimum atomic E-state index is 0.922. The van der Waals surface area contributed by atoms with Crippen LogP contribution in [0.15, 0.2) is 48.5 Å². The molecule has 0 radical (unpaired) electrons. The molecule has 0 saturated carbocycles. The first kappa shape index (κ1) is 10.7. The Bertz CT molecular complexity index is 460. The Hall–Kier alpha value is -1.76. The first-order valence-electron chi connectivity index (χ1n) is 5.47. The van der Waals surface area contributed by atoms with Gasteiger partial charge >= 0.3 is 0 Å². The first-order valence-corrected chi connectivity index (χ1v) is 5.47. The van der Waals surface area contributed by atoms with Gasteiger partial charge in [0.2, 0.25) is 0 Å². The SMILES string of the molecule is COc1c(C)cccc1Cc1ccccc1. The summed E-state index contributed by atoms with van der Waals surface area (Å²) in [5, 5.41) is 0. The fourth-order valence-corrected chi connectivity index (χ4v) is 1.96. The number of benzene rings is 2. The summed E-state index contributed by atoms with van der Waals surface area (Å²) in [6.07, 6.45) is 0.922. The van der Waals surface area contributed by atoms with Crippen molar-refractivity contribution in [2.45, 2.75) is 13.3 Å². The minimum absolute atomic E-state index is 0.922. The van der Waals surface area contributed by atoms with Gasteiger partial charge in [-0.25, -0.2) is 0 Å². The van der Waals surface area contributed by atoms with Crippen molar-refractivity contribution in [3.63, 3.8) is 0 Å². The topological polar surface area (TPSA) is 9.23 Å². The molecule has 0 aliphatic heterocycles. The van der Waals surface area contributed by atoms with Crippen LogP contribution < -0.4 is 4.74 Å². The molecule has 2 rings (SSSR count). The van der Waals surface area contributed by atoms with Gasteiger partial charge in [-0.1, -0.05) is 48.5 Å². The summed E-state index contributed by atoms with van der Waals surface area (Å²) in [5.74, 6) is 1.01. The molecule has 0 spiro atoms. The molecule has 0 bridgehead atoms. The summed E-state index contributed by atoms with van der Waals surface area (Å²) in [6, 6.07) is 16.7. The van der Waals surface area contributed by atoms with Gasteiger partial charge in [0, 0.05) is 6.42 Å². The van der Waals surface area contributed by atoms with Gasteiger partial charge in [0.05, 0.1) is 7.11 Å². The highest BCUT2D eigenvalue weighted by molar-refractivity contribution is 5.43. The highest BCUT2D eigenvalue weighted by Crippen LogP contribution is 2.25. The molecule has 1 nitrogen and oxygen atoms in total. The summed E-state index contributed by atoms with van der Waals surface area (Å²) in [6.45, 7) is 2.08. The summed E-state index contributed by atoms with van der Waals surface area (Å²) in [4.78, 5) is 0. The molecule has 2 aromatic carbocycles. The number of hydrogen-bond donors (Lipinski definition) is 0. The van der Waals surface area contributed by atoms with Crippen molar-refractivity contribution in [1.82, 2.24) is 0 Å². The molecule has 82 valence electrons. The van der Waals surface area contributed by atoms with E-state index in [9.17, 15) is 0 Å². The second kappa shape index (κ2) is 4.84. The largest absolute Gasteiger partial charge is 0.496 e. The maximum absolute atomic E-state index is 5.45. The zero-order chi connectivity index (χ0) is 11.4. The maximum atomic E-state index is 5.45. The van der Waals surface area contributed by atoms with Crippen LogP contribution in [0.1, 0.15) is 16.7 Å². The Kier molecular flexibility index (Phi) is 3.25. The van der Waals surface area contributed by atoms with E-state index < -0.39 is 0 Å². The molecule has 0 atom stereocenters. The number of methoxy groups -OCH3 is 1. The smallest absolute Gasteiger partial charge is 0.125 e. The standard InChI is InChI=1S/C15H16O/c1-12-7-6-10-14(15(12)16-2)11-13-8-4-3-5-9-13/h3-10H,11H2,1-2H3. The number of rotatable bonds is 3. The van der Waals surface area contributed by atoms with Gasteiger partial charge in [-0.3, -0.25) is 0 Å². The van der Waals surface area contributed by atoms with Crippen molar-refractivity contribution in [2.24, 2.45) is 0 Å². The van der Waals surface area contributed by atoms with E-state index in [4.69, 9.17) is 4.74 Å². The zero-order valence-electron chi connectivity index (χ0n) is 9.73. The van der Waals surface area contributed by atoms with Crippen LogP contribution in [0.5, 0.6) is 5.75 Å². The van der Waals surface area contributed by atoms with E-state index >= 15 is 0 Å². The van der Waals surface area contributed by atoms with Crippen LogP contribution in [-0.2, 0) is 6.42 Å². The lowest BCUT2D eigenvalue weighted by Crippen LogP contribution is -1.95. The van der Waals surface area contributed by atoms with Crippen molar-refractivity contribution in [3.8, 4) is 5.75 Å². The molecule has 1 heteroatoms. The Labute approximate surface area is 96.7 Å². The summed E-state index contributed by atoms with van der Waals surface area (Å²) in [5.41, 5.74) is 3.75. The third-order valence-corrected chi connectivity index (χ3v) is 2.73. The highest BCUT2D eigenvalue weighted by Gasteiger charge is 2.05. The van der Waals surface area contributed by atoms with Gasteiger partial charge in [0.25, 0.3) is 0 Å². The molecule has 2 aromatic rings. The average molecular weight is 212 g/mol. The molecule has 0 aliphatic rings. The van der Waals surface area contributed by atoms with Crippen LogP contribution in [0.2, 0.25) is 0 Å². The van der Waals surface area contributed by atoms with Crippen molar-refractivity contribution in [3.05, 3.63) is 65.2 Å². The molecule has 0 aliphatic carbocycles. The third kappa shape index (κ3) is 2.25. The van der Waals surface area contributed by atoms with Gasteiger partial charge in [-0.05, 0) is 23.6 Å². The summed E-state index contributed by atoms with van der Waals surface area (Å²) >= 11 is 0. The Morgan fingerprint density at radius 2 is 1.69 bits per heavy atom. The Morgan fingerprint density at radius 1 is 0.938 bits per heavy atom. The molecule has 0 heterocycles. The van der Waals surface area contributed by atoms with Crippen LogP contribution in [0.25, 0.3) is 0 Å². The number of ether oxygens (including phenoxy) is 1. The molecular weight excluding hydrogens is 196 g/mol. The number of hydrogen-bond acceptors (Lipinski definition) is 1. The van der Waals surface area contributed by atoms with Crippen molar-refractivity contribution in [1.29, 1.82) is 0 Å². The normalized spacial score (nSPS) is 10.1. The summed E-state index contributed by atoms with van der Waals surface area (Å²) < 4.78 is 5.45. The van der Waals surface area contributed by atoms with Crippen molar-refractivity contribution >= 4 is 0 Å². The lowest BCUT2D eigenvalue weighted by atomic mass is 10.0. The number of para-hydroxylation sites is 1. The highest BCUT2D eigenvalue weighted by atomic mass is 16.5.